The fourth-order valence-corrected chi connectivity index (χ4v) is 1.40. The molecule has 1 heteroatoms. The molecule has 0 heterocycles. The lowest BCUT2D eigenvalue weighted by Crippen LogP contribution is -2.11. The van der Waals surface area contributed by atoms with Crippen LogP contribution in [0.4, 0.5) is 0 Å². The van der Waals surface area contributed by atoms with Gasteiger partial charge in [0.1, 0.15) is 5.78 Å². The van der Waals surface area contributed by atoms with Crippen LogP contribution in [0.2, 0.25) is 0 Å². The summed E-state index contributed by atoms with van der Waals surface area (Å²) in [4.78, 5) is 11.1. The van der Waals surface area contributed by atoms with Crippen LogP contribution in [-0.2, 0) is 4.79 Å². The average molecular weight is 168 g/mol. The van der Waals surface area contributed by atoms with Crippen molar-refractivity contribution in [3.8, 4) is 0 Å². The third-order valence-electron chi connectivity index (χ3n) is 2.18. The first-order valence-electron chi connectivity index (χ1n) is 4.75. The molecular formula is C11H20O. The molecule has 0 spiro atoms. The molecule has 0 aromatic carbocycles. The summed E-state index contributed by atoms with van der Waals surface area (Å²) in [5, 5.41) is 0. The highest BCUT2D eigenvalue weighted by Crippen LogP contribution is 2.17. The Labute approximate surface area is 75.9 Å². The van der Waals surface area contributed by atoms with Gasteiger partial charge in [-0.15, -0.1) is 0 Å². The minimum atomic E-state index is 0.108. The average Bonchev–Trinajstić information content (AvgIpc) is 1.96. The van der Waals surface area contributed by atoms with Crippen LogP contribution < -0.4 is 0 Å². The van der Waals surface area contributed by atoms with E-state index in [4.69, 9.17) is 0 Å². The van der Waals surface area contributed by atoms with Crippen molar-refractivity contribution in [2.24, 2.45) is 5.92 Å². The number of rotatable bonds is 6. The Bertz CT molecular complexity index is 144. The van der Waals surface area contributed by atoms with Crippen molar-refractivity contribution in [1.82, 2.24) is 0 Å². The third-order valence-corrected chi connectivity index (χ3v) is 2.18. The lowest BCUT2D eigenvalue weighted by molar-refractivity contribution is -0.119. The summed E-state index contributed by atoms with van der Waals surface area (Å²) in [6.07, 6.45) is 4.56. The van der Waals surface area contributed by atoms with Gasteiger partial charge in [-0.25, -0.2) is 0 Å². The van der Waals surface area contributed by atoms with E-state index < -0.39 is 0 Å². The van der Waals surface area contributed by atoms with Crippen LogP contribution in [-0.4, -0.2) is 5.78 Å². The summed E-state index contributed by atoms with van der Waals surface area (Å²) in [7, 11) is 0. The smallest absolute Gasteiger partial charge is 0.136 e. The fraction of sp³-hybridized carbons (Fsp3) is 0.727. The Morgan fingerprint density at radius 3 is 2.25 bits per heavy atom. The van der Waals surface area contributed by atoms with Gasteiger partial charge in [-0.05, 0) is 20.3 Å². The lowest BCUT2D eigenvalue weighted by Gasteiger charge is -2.12. The molecule has 0 aliphatic rings. The molecule has 1 unspecified atom stereocenters. The number of Topliss-reactive ketones (excluding diaryl/α,β-unsaturated/α-hetero) is 1. The predicted molar refractivity (Wildman–Crippen MR) is 53.1 cm³/mol. The van der Waals surface area contributed by atoms with E-state index in [1.165, 1.54) is 12.8 Å². The van der Waals surface area contributed by atoms with Gasteiger partial charge in [0.25, 0.3) is 0 Å². The molecule has 0 radical (unpaired) electrons. The van der Waals surface area contributed by atoms with Crippen LogP contribution in [0.25, 0.3) is 0 Å². The molecule has 12 heavy (non-hydrogen) atoms. The van der Waals surface area contributed by atoms with Crippen molar-refractivity contribution in [2.45, 2.75) is 46.5 Å². The zero-order valence-corrected chi connectivity index (χ0v) is 8.52. The number of hydrogen-bond acceptors (Lipinski definition) is 1. The van der Waals surface area contributed by atoms with Crippen LogP contribution in [0.5, 0.6) is 0 Å². The molecule has 0 fully saturated rings. The maximum atomic E-state index is 11.1. The highest BCUT2D eigenvalue weighted by molar-refractivity contribution is 5.80. The van der Waals surface area contributed by atoms with Gasteiger partial charge in [0.15, 0.2) is 0 Å². The number of hydrogen-bond donors (Lipinski definition) is 0. The molecule has 0 aliphatic carbocycles. The number of allylic oxidation sites excluding steroid dienone is 1. The first kappa shape index (κ1) is 11.4. The summed E-state index contributed by atoms with van der Waals surface area (Å²) in [6.45, 7) is 9.61. The molecule has 0 bridgehead atoms. The van der Waals surface area contributed by atoms with Crippen molar-refractivity contribution in [2.75, 3.05) is 0 Å². The van der Waals surface area contributed by atoms with Crippen LogP contribution >= 0.6 is 0 Å². The van der Waals surface area contributed by atoms with E-state index >= 15 is 0 Å². The first-order chi connectivity index (χ1) is 5.59. The minimum Gasteiger partial charge on any atom is -0.299 e. The van der Waals surface area contributed by atoms with Crippen molar-refractivity contribution in [1.29, 1.82) is 0 Å². The molecule has 0 aromatic heterocycles. The third kappa shape index (κ3) is 4.32. The van der Waals surface area contributed by atoms with Crippen molar-refractivity contribution >= 4 is 5.78 Å². The minimum absolute atomic E-state index is 0.108. The second-order valence-electron chi connectivity index (χ2n) is 3.51. The van der Waals surface area contributed by atoms with Gasteiger partial charge in [-0.3, -0.25) is 4.79 Å². The van der Waals surface area contributed by atoms with Gasteiger partial charge in [0.05, 0.1) is 0 Å². The summed E-state index contributed by atoms with van der Waals surface area (Å²) in [6, 6.07) is 0. The first-order valence-corrected chi connectivity index (χ1v) is 4.75. The number of ketones is 1. The van der Waals surface area contributed by atoms with E-state index in [0.717, 1.165) is 18.4 Å². The van der Waals surface area contributed by atoms with Gasteiger partial charge in [-0.2, -0.15) is 0 Å². The molecule has 0 saturated heterocycles. The standard InChI is InChI=1S/C11H20O/c1-5-6-7-8-11(9(2)3)10(4)12/h11H,2,5-8H2,1,3-4H3. The van der Waals surface area contributed by atoms with Crippen LogP contribution in [0.1, 0.15) is 46.5 Å². The van der Waals surface area contributed by atoms with Crippen LogP contribution in [0.15, 0.2) is 12.2 Å². The lowest BCUT2D eigenvalue weighted by atomic mass is 9.92. The molecule has 0 N–H and O–H groups in total. The Kier molecular flexibility index (Phi) is 5.69. The second-order valence-corrected chi connectivity index (χ2v) is 3.51. The van der Waals surface area contributed by atoms with E-state index in [2.05, 4.69) is 13.5 Å². The largest absolute Gasteiger partial charge is 0.299 e. The molecule has 70 valence electrons. The van der Waals surface area contributed by atoms with Crippen molar-refractivity contribution in [3.05, 3.63) is 12.2 Å². The van der Waals surface area contributed by atoms with Crippen LogP contribution in [0, 0.1) is 5.92 Å². The van der Waals surface area contributed by atoms with E-state index in [-0.39, 0.29) is 11.7 Å². The maximum Gasteiger partial charge on any atom is 0.136 e. The summed E-state index contributed by atoms with van der Waals surface area (Å²) in [5.41, 5.74) is 1.01. The summed E-state index contributed by atoms with van der Waals surface area (Å²) in [5.74, 6) is 0.371. The Balaban J connectivity index is 3.80. The quantitative estimate of drug-likeness (QED) is 0.439. The predicted octanol–water partition coefficient (Wildman–Crippen LogP) is 3.35. The highest BCUT2D eigenvalue weighted by Gasteiger charge is 2.13. The monoisotopic (exact) mass is 168 g/mol. The fourth-order valence-electron chi connectivity index (χ4n) is 1.40. The zero-order chi connectivity index (χ0) is 9.56. The summed E-state index contributed by atoms with van der Waals surface area (Å²) < 4.78 is 0. The van der Waals surface area contributed by atoms with E-state index in [9.17, 15) is 4.79 Å². The van der Waals surface area contributed by atoms with Gasteiger partial charge in [0, 0.05) is 5.92 Å². The van der Waals surface area contributed by atoms with Gasteiger partial charge in [0.2, 0.25) is 0 Å². The molecule has 0 saturated carbocycles. The SMILES string of the molecule is C=C(C)C(CCCCC)C(C)=O. The topological polar surface area (TPSA) is 17.1 Å². The molecule has 1 nitrogen and oxygen atoms in total. The molecule has 0 rings (SSSR count). The van der Waals surface area contributed by atoms with Gasteiger partial charge < -0.3 is 0 Å². The van der Waals surface area contributed by atoms with Crippen molar-refractivity contribution < 1.29 is 4.79 Å². The second kappa shape index (κ2) is 5.99. The molecule has 0 amide bonds. The van der Waals surface area contributed by atoms with E-state index in [1.54, 1.807) is 6.92 Å². The Morgan fingerprint density at radius 2 is 1.92 bits per heavy atom. The maximum absolute atomic E-state index is 11.1. The molecule has 1 atom stereocenters. The summed E-state index contributed by atoms with van der Waals surface area (Å²) >= 11 is 0. The number of carbonyl (C=O) groups is 1. The van der Waals surface area contributed by atoms with E-state index in [0.29, 0.717) is 0 Å². The van der Waals surface area contributed by atoms with Crippen LogP contribution in [0.3, 0.4) is 0 Å². The molecular weight excluding hydrogens is 148 g/mol. The van der Waals surface area contributed by atoms with E-state index in [1.807, 2.05) is 6.92 Å². The normalized spacial score (nSPS) is 12.6. The zero-order valence-electron chi connectivity index (χ0n) is 8.52. The number of unbranched alkanes of at least 4 members (excludes halogenated alkanes) is 2. The van der Waals surface area contributed by atoms with Gasteiger partial charge >= 0.3 is 0 Å². The van der Waals surface area contributed by atoms with Gasteiger partial charge in [-0.1, -0.05) is 38.3 Å². The van der Waals surface area contributed by atoms with Crippen molar-refractivity contribution in [3.63, 3.8) is 0 Å². The Hall–Kier alpha value is -0.590. The Morgan fingerprint density at radius 1 is 1.33 bits per heavy atom. The highest BCUT2D eigenvalue weighted by atomic mass is 16.1. The molecule has 0 aliphatic heterocycles. The molecule has 0 aromatic rings. The number of carbonyl (C=O) groups excluding carboxylic acids is 1.